The molecule has 21 heavy (non-hydrogen) atoms. The normalized spacial score (nSPS) is 13.9. The predicted molar refractivity (Wildman–Crippen MR) is 90.0 cm³/mol. The lowest BCUT2D eigenvalue weighted by Crippen LogP contribution is -2.35. The van der Waals surface area contributed by atoms with Gasteiger partial charge in [-0.3, -0.25) is 4.79 Å². The van der Waals surface area contributed by atoms with Crippen LogP contribution in [0.25, 0.3) is 0 Å². The number of hydrogen-bond donors (Lipinski definition) is 1. The minimum atomic E-state index is -0.0900. The van der Waals surface area contributed by atoms with E-state index in [0.717, 1.165) is 28.6 Å². The first kappa shape index (κ1) is 14.4. The molecule has 2 aromatic rings. The van der Waals surface area contributed by atoms with E-state index in [1.54, 1.807) is 11.0 Å². The summed E-state index contributed by atoms with van der Waals surface area (Å²) in [4.78, 5) is 14.6. The second kappa shape index (κ2) is 5.70. The van der Waals surface area contributed by atoms with Gasteiger partial charge in [0.15, 0.2) is 0 Å². The Kier molecular flexibility index (Phi) is 3.91. The van der Waals surface area contributed by atoms with E-state index in [1.165, 1.54) is 0 Å². The van der Waals surface area contributed by atoms with Gasteiger partial charge < -0.3 is 10.6 Å². The largest absolute Gasteiger partial charge is 0.399 e. The van der Waals surface area contributed by atoms with Gasteiger partial charge in [-0.25, -0.2) is 0 Å². The number of nitrogens with zero attached hydrogens (tertiary/aromatic N) is 1. The fourth-order valence-electron chi connectivity index (χ4n) is 2.62. The highest BCUT2D eigenvalue weighted by Crippen LogP contribution is 2.33. The van der Waals surface area contributed by atoms with Crippen molar-refractivity contribution in [3.63, 3.8) is 0 Å². The van der Waals surface area contributed by atoms with Crippen molar-refractivity contribution >= 4 is 44.8 Å². The number of nitrogen functional groups attached to an aromatic ring is 1. The highest BCUT2D eigenvalue weighted by molar-refractivity contribution is 9.10. The molecule has 0 saturated heterocycles. The zero-order valence-electron chi connectivity index (χ0n) is 11.3. The number of nitrogens with two attached hydrogens (primary N) is 1. The molecule has 3 rings (SSSR count). The summed E-state index contributed by atoms with van der Waals surface area (Å²) in [6.07, 6.45) is 1.90. The Bertz CT molecular complexity index is 717. The van der Waals surface area contributed by atoms with Gasteiger partial charge in [-0.15, -0.1) is 0 Å². The van der Waals surface area contributed by atoms with Crippen LogP contribution in [0.5, 0.6) is 0 Å². The maximum atomic E-state index is 12.8. The van der Waals surface area contributed by atoms with E-state index >= 15 is 0 Å². The van der Waals surface area contributed by atoms with Crippen LogP contribution in [-0.2, 0) is 6.42 Å². The van der Waals surface area contributed by atoms with Crippen molar-refractivity contribution in [1.29, 1.82) is 0 Å². The molecule has 1 aliphatic heterocycles. The minimum absolute atomic E-state index is 0.0900. The lowest BCUT2D eigenvalue weighted by atomic mass is 10.00. The molecule has 0 radical (unpaired) electrons. The number of fused-ring (bicyclic) bond motifs is 1. The molecule has 0 bridgehead atoms. The van der Waals surface area contributed by atoms with E-state index in [9.17, 15) is 4.79 Å². The van der Waals surface area contributed by atoms with E-state index in [0.29, 0.717) is 22.8 Å². The van der Waals surface area contributed by atoms with Crippen molar-refractivity contribution in [1.82, 2.24) is 0 Å². The van der Waals surface area contributed by atoms with Gasteiger partial charge in [0, 0.05) is 22.4 Å². The zero-order valence-corrected chi connectivity index (χ0v) is 13.6. The molecule has 1 amide bonds. The molecular weight excluding hydrogens is 352 g/mol. The number of halogens is 2. The van der Waals surface area contributed by atoms with E-state index < -0.39 is 0 Å². The molecule has 1 heterocycles. The summed E-state index contributed by atoms with van der Waals surface area (Å²) in [5.41, 5.74) is 9.07. The Morgan fingerprint density at radius 2 is 2.10 bits per heavy atom. The number of aryl methyl sites for hydroxylation is 1. The monoisotopic (exact) mass is 364 g/mol. The molecule has 0 fully saturated rings. The summed E-state index contributed by atoms with van der Waals surface area (Å²) < 4.78 is 0.722. The van der Waals surface area contributed by atoms with Crippen LogP contribution in [0, 0.1) is 0 Å². The number of hydrogen-bond acceptors (Lipinski definition) is 2. The SMILES string of the molecule is Nc1ccc2c(c1)N(C(=O)c1cccc(Br)c1Cl)CCC2. The Balaban J connectivity index is 2.04. The lowest BCUT2D eigenvalue weighted by Gasteiger charge is -2.30. The molecule has 0 saturated carbocycles. The first-order valence-corrected chi connectivity index (χ1v) is 7.89. The van der Waals surface area contributed by atoms with Crippen LogP contribution < -0.4 is 10.6 Å². The molecule has 0 aromatic heterocycles. The molecule has 0 spiro atoms. The Morgan fingerprint density at radius 1 is 1.29 bits per heavy atom. The van der Waals surface area contributed by atoms with Crippen molar-refractivity contribution in [3.05, 3.63) is 57.0 Å². The number of rotatable bonds is 1. The van der Waals surface area contributed by atoms with Crippen molar-refractivity contribution in [2.75, 3.05) is 17.2 Å². The molecule has 1 aliphatic rings. The third-order valence-corrected chi connectivity index (χ3v) is 4.95. The second-order valence-corrected chi connectivity index (χ2v) is 6.28. The van der Waals surface area contributed by atoms with Crippen LogP contribution >= 0.6 is 27.5 Å². The molecule has 3 nitrogen and oxygen atoms in total. The molecule has 0 atom stereocenters. The number of carbonyl (C=O) groups excluding carboxylic acids is 1. The standard InChI is InChI=1S/C16H14BrClN2O/c17-13-5-1-4-12(15(13)18)16(21)20-8-2-3-10-6-7-11(19)9-14(10)20/h1,4-7,9H,2-3,8,19H2. The van der Waals surface area contributed by atoms with Gasteiger partial charge in [-0.1, -0.05) is 23.7 Å². The van der Waals surface area contributed by atoms with Crippen LogP contribution in [-0.4, -0.2) is 12.5 Å². The van der Waals surface area contributed by atoms with E-state index in [2.05, 4.69) is 15.9 Å². The van der Waals surface area contributed by atoms with Crippen LogP contribution in [0.1, 0.15) is 22.3 Å². The summed E-state index contributed by atoms with van der Waals surface area (Å²) >= 11 is 9.61. The Morgan fingerprint density at radius 3 is 2.90 bits per heavy atom. The molecule has 5 heteroatoms. The average Bonchev–Trinajstić information content (AvgIpc) is 2.48. The van der Waals surface area contributed by atoms with Gasteiger partial charge in [0.05, 0.1) is 10.6 Å². The smallest absolute Gasteiger partial charge is 0.259 e. The Labute approximate surface area is 136 Å². The Hall–Kier alpha value is -1.52. The van der Waals surface area contributed by atoms with Crippen LogP contribution in [0.15, 0.2) is 40.9 Å². The molecule has 0 unspecified atom stereocenters. The molecule has 108 valence electrons. The average molecular weight is 366 g/mol. The third-order valence-electron chi connectivity index (χ3n) is 3.66. The van der Waals surface area contributed by atoms with E-state index in [4.69, 9.17) is 17.3 Å². The van der Waals surface area contributed by atoms with Crippen molar-refractivity contribution in [3.8, 4) is 0 Å². The molecular formula is C16H14BrClN2O. The number of amides is 1. The van der Waals surface area contributed by atoms with Gasteiger partial charge in [-0.05, 0) is 58.6 Å². The molecule has 0 aliphatic carbocycles. The van der Waals surface area contributed by atoms with Gasteiger partial charge >= 0.3 is 0 Å². The molecule has 2 N–H and O–H groups in total. The van der Waals surface area contributed by atoms with E-state index in [-0.39, 0.29) is 5.91 Å². The first-order chi connectivity index (χ1) is 10.1. The second-order valence-electron chi connectivity index (χ2n) is 5.05. The fourth-order valence-corrected chi connectivity index (χ4v) is 3.19. The zero-order chi connectivity index (χ0) is 15.0. The van der Waals surface area contributed by atoms with Crippen LogP contribution in [0.4, 0.5) is 11.4 Å². The third kappa shape index (κ3) is 2.65. The highest BCUT2D eigenvalue weighted by Gasteiger charge is 2.25. The van der Waals surface area contributed by atoms with Gasteiger partial charge in [0.25, 0.3) is 5.91 Å². The number of carbonyl (C=O) groups is 1. The topological polar surface area (TPSA) is 46.3 Å². The quantitative estimate of drug-likeness (QED) is 0.767. The predicted octanol–water partition coefficient (Wildman–Crippen LogP) is 4.28. The van der Waals surface area contributed by atoms with Gasteiger partial charge in [0.1, 0.15) is 0 Å². The van der Waals surface area contributed by atoms with E-state index in [1.807, 2.05) is 30.3 Å². The van der Waals surface area contributed by atoms with Crippen LogP contribution in [0.3, 0.4) is 0 Å². The minimum Gasteiger partial charge on any atom is -0.399 e. The number of benzene rings is 2. The molecule has 2 aromatic carbocycles. The summed E-state index contributed by atoms with van der Waals surface area (Å²) in [6.45, 7) is 0.679. The highest BCUT2D eigenvalue weighted by atomic mass is 79.9. The fraction of sp³-hybridized carbons (Fsp3) is 0.188. The summed E-state index contributed by atoms with van der Waals surface area (Å²) in [5, 5.41) is 0.443. The summed E-state index contributed by atoms with van der Waals surface area (Å²) in [5.74, 6) is -0.0900. The van der Waals surface area contributed by atoms with Crippen molar-refractivity contribution in [2.45, 2.75) is 12.8 Å². The summed E-state index contributed by atoms with van der Waals surface area (Å²) in [7, 11) is 0. The van der Waals surface area contributed by atoms with Crippen LogP contribution in [0.2, 0.25) is 5.02 Å². The van der Waals surface area contributed by atoms with Gasteiger partial charge in [0.2, 0.25) is 0 Å². The number of anilines is 2. The maximum Gasteiger partial charge on any atom is 0.259 e. The van der Waals surface area contributed by atoms with Crippen molar-refractivity contribution in [2.24, 2.45) is 0 Å². The first-order valence-electron chi connectivity index (χ1n) is 6.72. The maximum absolute atomic E-state index is 12.8. The van der Waals surface area contributed by atoms with Gasteiger partial charge in [-0.2, -0.15) is 0 Å². The van der Waals surface area contributed by atoms with Crippen molar-refractivity contribution < 1.29 is 4.79 Å². The lowest BCUT2D eigenvalue weighted by molar-refractivity contribution is 0.0985. The summed E-state index contributed by atoms with van der Waals surface area (Å²) in [6, 6.07) is 11.1.